The fraction of sp³-hybridized carbons (Fsp3) is 0.769. The van der Waals surface area contributed by atoms with Crippen molar-refractivity contribution in [1.82, 2.24) is 9.78 Å². The third-order valence-corrected chi connectivity index (χ3v) is 4.58. The molecule has 1 aliphatic rings. The zero-order chi connectivity index (χ0) is 11.4. The van der Waals surface area contributed by atoms with Gasteiger partial charge in [0.1, 0.15) is 0 Å². The smallest absolute Gasteiger partial charge is 0.0492 e. The first-order valence-electron chi connectivity index (χ1n) is 6.35. The first kappa shape index (κ1) is 12.0. The van der Waals surface area contributed by atoms with Crippen LogP contribution in [0.4, 0.5) is 0 Å². The van der Waals surface area contributed by atoms with Gasteiger partial charge in [-0.15, -0.1) is 0 Å². The topological polar surface area (TPSA) is 17.8 Å². The van der Waals surface area contributed by atoms with Gasteiger partial charge >= 0.3 is 0 Å². The molecule has 16 heavy (non-hydrogen) atoms. The molecule has 0 radical (unpaired) electrons. The van der Waals surface area contributed by atoms with Gasteiger partial charge in [0.2, 0.25) is 0 Å². The summed E-state index contributed by atoms with van der Waals surface area (Å²) in [5.74, 6) is 0.992. The van der Waals surface area contributed by atoms with Crippen LogP contribution in [0.3, 0.4) is 0 Å². The first-order chi connectivity index (χ1) is 7.76. The predicted molar refractivity (Wildman–Crippen MR) is 71.0 cm³/mol. The first-order valence-corrected chi connectivity index (χ1v) is 6.98. The van der Waals surface area contributed by atoms with E-state index in [9.17, 15) is 0 Å². The van der Waals surface area contributed by atoms with Crippen LogP contribution in [0.25, 0.3) is 0 Å². The van der Waals surface area contributed by atoms with Crippen LogP contribution in [0.1, 0.15) is 44.2 Å². The molecule has 1 heterocycles. The standard InChI is InChI=1S/C13H22N2S/c1-12-6-9-14-15(12)10-13(11-16)7-4-2-3-5-8-13/h6,9,16H,2-5,7-8,10-11H2,1H3. The zero-order valence-corrected chi connectivity index (χ0v) is 11.0. The molecular formula is C13H22N2S. The molecule has 0 bridgehead atoms. The quantitative estimate of drug-likeness (QED) is 0.630. The largest absolute Gasteiger partial charge is 0.269 e. The lowest BCUT2D eigenvalue weighted by Gasteiger charge is -2.31. The van der Waals surface area contributed by atoms with Gasteiger partial charge in [-0.25, -0.2) is 0 Å². The summed E-state index contributed by atoms with van der Waals surface area (Å²) >= 11 is 4.60. The van der Waals surface area contributed by atoms with Crippen molar-refractivity contribution in [1.29, 1.82) is 0 Å². The predicted octanol–water partition coefficient (Wildman–Crippen LogP) is 3.46. The van der Waals surface area contributed by atoms with Crippen molar-refractivity contribution in [2.45, 2.75) is 52.0 Å². The van der Waals surface area contributed by atoms with E-state index in [2.05, 4.69) is 35.4 Å². The molecule has 0 spiro atoms. The molecule has 1 saturated carbocycles. The Bertz CT molecular complexity index is 324. The summed E-state index contributed by atoms with van der Waals surface area (Å²) in [5.41, 5.74) is 1.65. The number of hydrogen-bond acceptors (Lipinski definition) is 2. The Labute approximate surface area is 104 Å². The van der Waals surface area contributed by atoms with Gasteiger partial charge < -0.3 is 0 Å². The average Bonchev–Trinajstić information content (AvgIpc) is 2.56. The van der Waals surface area contributed by atoms with E-state index in [1.807, 2.05) is 6.20 Å². The number of rotatable bonds is 3. The van der Waals surface area contributed by atoms with Crippen LogP contribution in [-0.4, -0.2) is 15.5 Å². The molecule has 0 saturated heterocycles. The van der Waals surface area contributed by atoms with E-state index in [-0.39, 0.29) is 0 Å². The van der Waals surface area contributed by atoms with E-state index in [0.717, 1.165) is 12.3 Å². The Balaban J connectivity index is 2.11. The van der Waals surface area contributed by atoms with Crippen LogP contribution in [0.5, 0.6) is 0 Å². The molecule has 3 heteroatoms. The second-order valence-corrected chi connectivity index (χ2v) is 5.52. The fourth-order valence-electron chi connectivity index (χ4n) is 2.73. The number of thiol groups is 1. The summed E-state index contributed by atoms with van der Waals surface area (Å²) in [6.07, 6.45) is 10.0. The highest BCUT2D eigenvalue weighted by Crippen LogP contribution is 2.37. The molecule has 0 aromatic carbocycles. The molecule has 0 atom stereocenters. The number of aromatic nitrogens is 2. The van der Waals surface area contributed by atoms with Crippen LogP contribution in [0.2, 0.25) is 0 Å². The van der Waals surface area contributed by atoms with E-state index in [1.54, 1.807) is 0 Å². The van der Waals surface area contributed by atoms with Crippen LogP contribution in [-0.2, 0) is 6.54 Å². The van der Waals surface area contributed by atoms with E-state index < -0.39 is 0 Å². The Morgan fingerprint density at radius 1 is 1.31 bits per heavy atom. The van der Waals surface area contributed by atoms with Crippen molar-refractivity contribution in [2.24, 2.45) is 5.41 Å². The third-order valence-electron chi connectivity index (χ3n) is 3.91. The second-order valence-electron chi connectivity index (χ2n) is 5.20. The maximum absolute atomic E-state index is 4.60. The lowest BCUT2D eigenvalue weighted by molar-refractivity contribution is 0.228. The average molecular weight is 238 g/mol. The Morgan fingerprint density at radius 3 is 2.50 bits per heavy atom. The summed E-state index contributed by atoms with van der Waals surface area (Å²) < 4.78 is 2.15. The van der Waals surface area contributed by atoms with Crippen molar-refractivity contribution >= 4 is 12.6 Å². The highest BCUT2D eigenvalue weighted by atomic mass is 32.1. The number of hydrogen-bond donors (Lipinski definition) is 1. The van der Waals surface area contributed by atoms with Gasteiger partial charge in [-0.1, -0.05) is 25.7 Å². The van der Waals surface area contributed by atoms with Crippen molar-refractivity contribution in [3.05, 3.63) is 18.0 Å². The minimum Gasteiger partial charge on any atom is -0.269 e. The molecular weight excluding hydrogens is 216 g/mol. The summed E-state index contributed by atoms with van der Waals surface area (Å²) in [4.78, 5) is 0. The Kier molecular flexibility index (Phi) is 3.95. The van der Waals surface area contributed by atoms with Gasteiger partial charge in [0, 0.05) is 18.4 Å². The SMILES string of the molecule is Cc1ccnn1CC1(CS)CCCCCC1. The van der Waals surface area contributed by atoms with Crippen LogP contribution in [0, 0.1) is 12.3 Å². The van der Waals surface area contributed by atoms with Gasteiger partial charge in [0.05, 0.1) is 0 Å². The van der Waals surface area contributed by atoms with Crippen LogP contribution >= 0.6 is 12.6 Å². The number of nitrogens with zero attached hydrogens (tertiary/aromatic N) is 2. The van der Waals surface area contributed by atoms with Crippen molar-refractivity contribution in [2.75, 3.05) is 5.75 Å². The fourth-order valence-corrected chi connectivity index (χ4v) is 3.14. The maximum Gasteiger partial charge on any atom is 0.0492 e. The van der Waals surface area contributed by atoms with Gasteiger partial charge in [0.15, 0.2) is 0 Å². The normalized spacial score (nSPS) is 20.6. The van der Waals surface area contributed by atoms with E-state index in [4.69, 9.17) is 0 Å². The molecule has 1 aliphatic carbocycles. The van der Waals surface area contributed by atoms with E-state index >= 15 is 0 Å². The minimum atomic E-state index is 0.385. The molecule has 0 unspecified atom stereocenters. The van der Waals surface area contributed by atoms with Gasteiger partial charge in [-0.3, -0.25) is 4.68 Å². The molecule has 2 rings (SSSR count). The van der Waals surface area contributed by atoms with Gasteiger partial charge in [-0.05, 0) is 37.0 Å². The summed E-state index contributed by atoms with van der Waals surface area (Å²) in [6.45, 7) is 3.19. The summed E-state index contributed by atoms with van der Waals surface area (Å²) in [5, 5.41) is 4.42. The molecule has 1 fully saturated rings. The Morgan fingerprint density at radius 2 is 2.00 bits per heavy atom. The number of aryl methyl sites for hydroxylation is 1. The molecule has 0 amide bonds. The molecule has 1 aromatic rings. The van der Waals surface area contributed by atoms with Crippen LogP contribution < -0.4 is 0 Å². The second kappa shape index (κ2) is 5.26. The highest BCUT2D eigenvalue weighted by molar-refractivity contribution is 7.80. The molecule has 0 aliphatic heterocycles. The van der Waals surface area contributed by atoms with Crippen molar-refractivity contribution in [3.63, 3.8) is 0 Å². The third kappa shape index (κ3) is 2.62. The highest BCUT2D eigenvalue weighted by Gasteiger charge is 2.30. The minimum absolute atomic E-state index is 0.385. The van der Waals surface area contributed by atoms with Gasteiger partial charge in [-0.2, -0.15) is 17.7 Å². The van der Waals surface area contributed by atoms with E-state index in [1.165, 1.54) is 44.2 Å². The van der Waals surface area contributed by atoms with Crippen LogP contribution in [0.15, 0.2) is 12.3 Å². The van der Waals surface area contributed by atoms with Crippen molar-refractivity contribution < 1.29 is 0 Å². The van der Waals surface area contributed by atoms with Gasteiger partial charge in [0.25, 0.3) is 0 Å². The van der Waals surface area contributed by atoms with E-state index in [0.29, 0.717) is 5.41 Å². The summed E-state index contributed by atoms with van der Waals surface area (Å²) in [7, 11) is 0. The lowest BCUT2D eigenvalue weighted by atomic mass is 9.82. The molecule has 0 N–H and O–H groups in total. The molecule has 2 nitrogen and oxygen atoms in total. The monoisotopic (exact) mass is 238 g/mol. The molecule has 1 aromatic heterocycles. The van der Waals surface area contributed by atoms with Crippen molar-refractivity contribution in [3.8, 4) is 0 Å². The maximum atomic E-state index is 4.60. The summed E-state index contributed by atoms with van der Waals surface area (Å²) in [6, 6.07) is 2.09. The molecule has 90 valence electrons. The Hall–Kier alpha value is -0.440. The lowest BCUT2D eigenvalue weighted by Crippen LogP contribution is -2.29. The zero-order valence-electron chi connectivity index (χ0n) is 10.2.